The Labute approximate surface area is 150 Å². The lowest BCUT2D eigenvalue weighted by atomic mass is 9.77. The van der Waals surface area contributed by atoms with Gasteiger partial charge in [0.05, 0.1) is 18.2 Å². The van der Waals surface area contributed by atoms with Crippen molar-refractivity contribution < 1.29 is 9.90 Å². The lowest BCUT2D eigenvalue weighted by molar-refractivity contribution is -0.117. The summed E-state index contributed by atoms with van der Waals surface area (Å²) in [5.74, 6) is 0.178. The number of aliphatic imine (C=N–C) groups is 1. The molecule has 1 N–H and O–H groups in total. The van der Waals surface area contributed by atoms with Gasteiger partial charge in [0.2, 0.25) is 0 Å². The Hall–Kier alpha value is -1.94. The molecule has 134 valence electrons. The summed E-state index contributed by atoms with van der Waals surface area (Å²) < 4.78 is 0. The first-order valence-electron chi connectivity index (χ1n) is 9.20. The number of rotatable bonds is 5. The SMILES string of the molecule is CC1(C)CC(=O)C(C=NC[C@H](c2ccccc2)N2CCCC2)=C(O)C1. The minimum Gasteiger partial charge on any atom is -0.511 e. The van der Waals surface area contributed by atoms with E-state index in [0.717, 1.165) is 13.1 Å². The Balaban J connectivity index is 1.75. The third-order valence-corrected chi connectivity index (χ3v) is 5.16. The molecule has 1 atom stereocenters. The van der Waals surface area contributed by atoms with Gasteiger partial charge in [0.15, 0.2) is 5.78 Å². The third-order valence-electron chi connectivity index (χ3n) is 5.16. The molecule has 1 aliphatic carbocycles. The minimum absolute atomic E-state index is 0.00469. The Morgan fingerprint density at radius 3 is 2.52 bits per heavy atom. The first-order chi connectivity index (χ1) is 12.0. The zero-order chi connectivity index (χ0) is 17.9. The molecule has 0 radical (unpaired) electrons. The van der Waals surface area contributed by atoms with E-state index in [1.54, 1.807) is 6.21 Å². The Bertz CT molecular complexity index is 670. The van der Waals surface area contributed by atoms with E-state index in [1.807, 2.05) is 19.9 Å². The predicted molar refractivity (Wildman–Crippen MR) is 101 cm³/mol. The van der Waals surface area contributed by atoms with Gasteiger partial charge in [0, 0.05) is 19.1 Å². The minimum atomic E-state index is -0.166. The Morgan fingerprint density at radius 1 is 1.20 bits per heavy atom. The van der Waals surface area contributed by atoms with Crippen LogP contribution in [0.4, 0.5) is 0 Å². The van der Waals surface area contributed by atoms with E-state index in [-0.39, 0.29) is 23.0 Å². The van der Waals surface area contributed by atoms with Crippen molar-refractivity contribution in [2.24, 2.45) is 10.4 Å². The van der Waals surface area contributed by atoms with E-state index in [9.17, 15) is 9.90 Å². The van der Waals surface area contributed by atoms with Crippen molar-refractivity contribution in [3.8, 4) is 0 Å². The average molecular weight is 340 g/mol. The number of hydrogen-bond acceptors (Lipinski definition) is 4. The van der Waals surface area contributed by atoms with Gasteiger partial charge in [-0.1, -0.05) is 44.2 Å². The fourth-order valence-electron chi connectivity index (χ4n) is 3.85. The molecule has 1 saturated heterocycles. The van der Waals surface area contributed by atoms with Crippen molar-refractivity contribution in [3.63, 3.8) is 0 Å². The van der Waals surface area contributed by atoms with Gasteiger partial charge >= 0.3 is 0 Å². The largest absolute Gasteiger partial charge is 0.511 e. The molecule has 0 unspecified atom stereocenters. The molecule has 1 heterocycles. The van der Waals surface area contributed by atoms with E-state index in [4.69, 9.17) is 0 Å². The highest BCUT2D eigenvalue weighted by atomic mass is 16.3. The summed E-state index contributed by atoms with van der Waals surface area (Å²) in [6, 6.07) is 10.7. The van der Waals surface area contributed by atoms with Gasteiger partial charge in [0.1, 0.15) is 5.76 Å². The van der Waals surface area contributed by atoms with Crippen LogP contribution in [0.3, 0.4) is 0 Å². The van der Waals surface area contributed by atoms with E-state index >= 15 is 0 Å². The zero-order valence-electron chi connectivity index (χ0n) is 15.2. The number of likely N-dealkylation sites (tertiary alicyclic amines) is 1. The van der Waals surface area contributed by atoms with E-state index in [0.29, 0.717) is 25.0 Å². The van der Waals surface area contributed by atoms with Gasteiger partial charge in [-0.25, -0.2) is 0 Å². The standard InChI is InChI=1S/C21H28N2O2/c1-21(2)12-19(24)17(20(25)13-21)14-22-15-18(23-10-6-7-11-23)16-8-4-3-5-9-16/h3-5,8-9,14,18,24H,6-7,10-13,15H2,1-2H3/t18-/m1/s1. The van der Waals surface area contributed by atoms with Crippen molar-refractivity contribution >= 4 is 12.0 Å². The van der Waals surface area contributed by atoms with Crippen LogP contribution in [0.5, 0.6) is 0 Å². The summed E-state index contributed by atoms with van der Waals surface area (Å²) in [6.45, 7) is 6.81. The van der Waals surface area contributed by atoms with Crippen molar-refractivity contribution in [2.75, 3.05) is 19.6 Å². The normalized spacial score (nSPS) is 22.7. The molecular weight excluding hydrogens is 312 g/mol. The smallest absolute Gasteiger partial charge is 0.168 e. The van der Waals surface area contributed by atoms with Crippen LogP contribution >= 0.6 is 0 Å². The number of carbonyl (C=O) groups is 1. The third kappa shape index (κ3) is 4.37. The van der Waals surface area contributed by atoms with Crippen molar-refractivity contribution in [3.05, 3.63) is 47.2 Å². The van der Waals surface area contributed by atoms with Gasteiger partial charge in [-0.15, -0.1) is 0 Å². The number of carbonyl (C=O) groups excluding carboxylic acids is 1. The quantitative estimate of drug-likeness (QED) is 0.821. The van der Waals surface area contributed by atoms with E-state index in [1.165, 1.54) is 18.4 Å². The number of hydrogen-bond donors (Lipinski definition) is 1. The molecule has 3 rings (SSSR count). The molecule has 25 heavy (non-hydrogen) atoms. The number of ketones is 1. The van der Waals surface area contributed by atoms with E-state index < -0.39 is 0 Å². The summed E-state index contributed by atoms with van der Waals surface area (Å²) in [5, 5.41) is 10.2. The number of aliphatic hydroxyl groups is 1. The molecule has 1 aliphatic heterocycles. The van der Waals surface area contributed by atoms with Crippen LogP contribution in [-0.2, 0) is 4.79 Å². The maximum atomic E-state index is 12.3. The molecule has 2 aliphatic rings. The van der Waals surface area contributed by atoms with Crippen molar-refractivity contribution in [1.29, 1.82) is 0 Å². The summed E-state index contributed by atoms with van der Waals surface area (Å²) in [5.41, 5.74) is 1.49. The highest BCUT2D eigenvalue weighted by Crippen LogP contribution is 2.35. The van der Waals surface area contributed by atoms with Crippen LogP contribution in [-0.4, -0.2) is 41.6 Å². The van der Waals surface area contributed by atoms with Crippen LogP contribution < -0.4 is 0 Å². The molecule has 0 aromatic heterocycles. The lowest BCUT2D eigenvalue weighted by Crippen LogP contribution is -2.28. The van der Waals surface area contributed by atoms with Gasteiger partial charge in [-0.05, 0) is 36.9 Å². The molecule has 4 heteroatoms. The van der Waals surface area contributed by atoms with Crippen molar-refractivity contribution in [1.82, 2.24) is 4.90 Å². The first-order valence-corrected chi connectivity index (χ1v) is 9.20. The van der Waals surface area contributed by atoms with Gasteiger partial charge in [-0.3, -0.25) is 14.7 Å². The fourth-order valence-corrected chi connectivity index (χ4v) is 3.85. The topological polar surface area (TPSA) is 52.9 Å². The van der Waals surface area contributed by atoms with Gasteiger partial charge < -0.3 is 5.11 Å². The number of aliphatic hydroxyl groups excluding tert-OH is 1. The monoisotopic (exact) mass is 340 g/mol. The molecule has 1 aromatic rings. The maximum absolute atomic E-state index is 12.3. The Morgan fingerprint density at radius 2 is 1.88 bits per heavy atom. The van der Waals surface area contributed by atoms with Crippen LogP contribution in [0, 0.1) is 5.41 Å². The summed E-state index contributed by atoms with van der Waals surface area (Å²) >= 11 is 0. The van der Waals surface area contributed by atoms with Crippen LogP contribution in [0.25, 0.3) is 0 Å². The number of Topliss-reactive ketones (excluding diaryl/α,β-unsaturated/α-hetero) is 1. The van der Waals surface area contributed by atoms with Crippen molar-refractivity contribution in [2.45, 2.75) is 45.6 Å². The number of benzene rings is 1. The number of allylic oxidation sites excluding steroid dienone is 2. The lowest BCUT2D eigenvalue weighted by Gasteiger charge is -2.29. The van der Waals surface area contributed by atoms with Gasteiger partial charge in [-0.2, -0.15) is 0 Å². The summed E-state index contributed by atoms with van der Waals surface area (Å²) in [6.07, 6.45) is 5.05. The molecule has 0 amide bonds. The summed E-state index contributed by atoms with van der Waals surface area (Å²) in [7, 11) is 0. The Kier molecular flexibility index (Phi) is 5.38. The molecule has 1 fully saturated rings. The second-order valence-corrected chi connectivity index (χ2v) is 7.97. The number of nitrogens with zero attached hydrogens (tertiary/aromatic N) is 2. The molecule has 0 bridgehead atoms. The predicted octanol–water partition coefficient (Wildman–Crippen LogP) is 4.10. The second-order valence-electron chi connectivity index (χ2n) is 7.97. The fraction of sp³-hybridized carbons (Fsp3) is 0.524. The van der Waals surface area contributed by atoms with Crippen LogP contribution in [0.15, 0.2) is 46.7 Å². The van der Waals surface area contributed by atoms with Gasteiger partial charge in [0.25, 0.3) is 0 Å². The average Bonchev–Trinajstić information content (AvgIpc) is 3.07. The molecule has 1 aromatic carbocycles. The summed E-state index contributed by atoms with van der Waals surface area (Å²) in [4.78, 5) is 19.3. The second kappa shape index (κ2) is 7.52. The maximum Gasteiger partial charge on any atom is 0.168 e. The first kappa shape index (κ1) is 17.9. The molecule has 4 nitrogen and oxygen atoms in total. The van der Waals surface area contributed by atoms with Crippen LogP contribution in [0.1, 0.15) is 51.1 Å². The highest BCUT2D eigenvalue weighted by Gasteiger charge is 2.32. The highest BCUT2D eigenvalue weighted by molar-refractivity contribution is 6.14. The molecule has 0 saturated carbocycles. The van der Waals surface area contributed by atoms with Crippen LogP contribution in [0.2, 0.25) is 0 Å². The molecule has 0 spiro atoms. The van der Waals surface area contributed by atoms with E-state index in [2.05, 4.69) is 34.2 Å². The molecular formula is C21H28N2O2. The zero-order valence-corrected chi connectivity index (χ0v) is 15.2.